The topological polar surface area (TPSA) is 24.4 Å². The number of nitrogens with one attached hydrogen (secondary N) is 1. The second kappa shape index (κ2) is 3.26. The molecular formula is C12H18N2. The summed E-state index contributed by atoms with van der Waals surface area (Å²) >= 11 is 0. The third kappa shape index (κ3) is 1.49. The van der Waals surface area contributed by atoms with Crippen LogP contribution in [0.1, 0.15) is 27.2 Å². The molecule has 0 fully saturated rings. The van der Waals surface area contributed by atoms with Crippen LogP contribution in [-0.2, 0) is 0 Å². The van der Waals surface area contributed by atoms with Crippen LogP contribution in [0, 0.1) is 11.3 Å². The molecule has 2 aliphatic rings. The maximum atomic E-state index is 4.59. The van der Waals surface area contributed by atoms with Crippen molar-refractivity contribution in [3.8, 4) is 0 Å². The minimum absolute atomic E-state index is 0.103. The third-order valence-corrected chi connectivity index (χ3v) is 3.34. The molecule has 1 atom stereocenters. The summed E-state index contributed by atoms with van der Waals surface area (Å²) in [5.74, 6) is 0.586. The highest BCUT2D eigenvalue weighted by Crippen LogP contribution is 2.31. The Morgan fingerprint density at radius 2 is 2.29 bits per heavy atom. The second-order valence-corrected chi connectivity index (χ2v) is 4.65. The first-order valence-electron chi connectivity index (χ1n) is 5.33. The first kappa shape index (κ1) is 9.50. The summed E-state index contributed by atoms with van der Waals surface area (Å²) in [6.07, 6.45) is 7.62. The minimum atomic E-state index is 0.103. The molecule has 0 aromatic carbocycles. The fourth-order valence-corrected chi connectivity index (χ4v) is 1.71. The van der Waals surface area contributed by atoms with Gasteiger partial charge >= 0.3 is 0 Å². The number of hydrogen-bond donors (Lipinski definition) is 1. The number of allylic oxidation sites excluding steroid dienone is 2. The van der Waals surface area contributed by atoms with Crippen LogP contribution >= 0.6 is 0 Å². The fourth-order valence-electron chi connectivity index (χ4n) is 1.71. The van der Waals surface area contributed by atoms with E-state index in [1.165, 1.54) is 11.4 Å². The van der Waals surface area contributed by atoms with Crippen molar-refractivity contribution in [1.82, 2.24) is 5.32 Å². The molecule has 1 unspecified atom stereocenters. The van der Waals surface area contributed by atoms with E-state index in [0.29, 0.717) is 5.92 Å². The number of aliphatic imine (C=N–C) groups is 1. The van der Waals surface area contributed by atoms with E-state index in [9.17, 15) is 0 Å². The standard InChI is InChI=1S/C12H18N2/c1-9(2)12(3)6-4-10-11(14-8-12)5-7-13-10/h4,6,8-9,13H,5,7H2,1-3H3. The van der Waals surface area contributed by atoms with E-state index in [4.69, 9.17) is 0 Å². The van der Waals surface area contributed by atoms with Gasteiger partial charge in [0.05, 0.1) is 11.4 Å². The summed E-state index contributed by atoms with van der Waals surface area (Å²) in [6, 6.07) is 0. The van der Waals surface area contributed by atoms with Crippen molar-refractivity contribution in [2.45, 2.75) is 27.2 Å². The Balaban J connectivity index is 2.30. The molecule has 0 radical (unpaired) electrons. The predicted molar refractivity (Wildman–Crippen MR) is 60.2 cm³/mol. The molecule has 0 aromatic heterocycles. The van der Waals surface area contributed by atoms with Gasteiger partial charge in [-0.3, -0.25) is 4.99 Å². The van der Waals surface area contributed by atoms with Gasteiger partial charge in [-0.1, -0.05) is 26.8 Å². The zero-order valence-corrected chi connectivity index (χ0v) is 9.17. The van der Waals surface area contributed by atoms with Crippen molar-refractivity contribution in [2.75, 3.05) is 6.54 Å². The molecule has 2 heterocycles. The maximum Gasteiger partial charge on any atom is 0.0648 e. The highest BCUT2D eigenvalue weighted by molar-refractivity contribution is 5.71. The predicted octanol–water partition coefficient (Wildman–Crippen LogP) is 2.49. The van der Waals surface area contributed by atoms with Gasteiger partial charge in [0.25, 0.3) is 0 Å². The van der Waals surface area contributed by atoms with Gasteiger partial charge in [0.1, 0.15) is 0 Å². The van der Waals surface area contributed by atoms with Crippen LogP contribution in [0.25, 0.3) is 0 Å². The Labute approximate surface area is 85.8 Å². The molecule has 2 aliphatic heterocycles. The average Bonchev–Trinajstić information content (AvgIpc) is 2.53. The van der Waals surface area contributed by atoms with Crippen LogP contribution in [0.15, 0.2) is 28.5 Å². The smallest absolute Gasteiger partial charge is 0.0648 e. The van der Waals surface area contributed by atoms with Crippen molar-refractivity contribution in [2.24, 2.45) is 16.3 Å². The molecular weight excluding hydrogens is 172 g/mol. The largest absolute Gasteiger partial charge is 0.383 e. The van der Waals surface area contributed by atoms with E-state index in [1.807, 2.05) is 0 Å². The molecule has 0 amide bonds. The molecule has 14 heavy (non-hydrogen) atoms. The average molecular weight is 190 g/mol. The van der Waals surface area contributed by atoms with E-state index in [0.717, 1.165) is 13.0 Å². The molecule has 2 heteroatoms. The fraction of sp³-hybridized carbons (Fsp3) is 0.583. The van der Waals surface area contributed by atoms with E-state index >= 15 is 0 Å². The zero-order valence-electron chi connectivity index (χ0n) is 9.17. The molecule has 0 saturated heterocycles. The van der Waals surface area contributed by atoms with Gasteiger partial charge in [-0.2, -0.15) is 0 Å². The molecule has 76 valence electrons. The Morgan fingerprint density at radius 1 is 1.50 bits per heavy atom. The molecule has 2 rings (SSSR count). The van der Waals surface area contributed by atoms with Crippen molar-refractivity contribution >= 4 is 6.21 Å². The minimum Gasteiger partial charge on any atom is -0.383 e. The van der Waals surface area contributed by atoms with Gasteiger partial charge in [0.15, 0.2) is 0 Å². The van der Waals surface area contributed by atoms with E-state index < -0.39 is 0 Å². The monoisotopic (exact) mass is 190 g/mol. The molecule has 1 N–H and O–H groups in total. The molecule has 0 saturated carbocycles. The number of nitrogens with zero attached hydrogens (tertiary/aromatic N) is 1. The van der Waals surface area contributed by atoms with Gasteiger partial charge in [-0.25, -0.2) is 0 Å². The Bertz CT molecular complexity index is 297. The Morgan fingerprint density at radius 3 is 3.00 bits per heavy atom. The van der Waals surface area contributed by atoms with Gasteiger partial charge in [0, 0.05) is 24.6 Å². The van der Waals surface area contributed by atoms with Crippen molar-refractivity contribution in [3.05, 3.63) is 23.5 Å². The van der Waals surface area contributed by atoms with E-state index in [2.05, 4.69) is 49.4 Å². The first-order valence-corrected chi connectivity index (χ1v) is 5.33. The van der Waals surface area contributed by atoms with Crippen LogP contribution < -0.4 is 5.32 Å². The SMILES string of the molecule is CC(C)C1(C)C=CC2=C(CCN2)N=C1. The molecule has 0 bridgehead atoms. The van der Waals surface area contributed by atoms with Crippen LogP contribution in [0.3, 0.4) is 0 Å². The summed E-state index contributed by atoms with van der Waals surface area (Å²) in [4.78, 5) is 4.59. The van der Waals surface area contributed by atoms with E-state index in [1.54, 1.807) is 0 Å². The van der Waals surface area contributed by atoms with Crippen LogP contribution in [0.2, 0.25) is 0 Å². The van der Waals surface area contributed by atoms with Crippen molar-refractivity contribution in [3.63, 3.8) is 0 Å². The quantitative estimate of drug-likeness (QED) is 0.675. The second-order valence-electron chi connectivity index (χ2n) is 4.65. The molecule has 0 spiro atoms. The summed E-state index contributed by atoms with van der Waals surface area (Å²) in [6.45, 7) is 7.74. The highest BCUT2D eigenvalue weighted by Gasteiger charge is 2.26. The van der Waals surface area contributed by atoms with E-state index in [-0.39, 0.29) is 5.41 Å². The lowest BCUT2D eigenvalue weighted by Crippen LogP contribution is -2.22. The van der Waals surface area contributed by atoms with Gasteiger partial charge < -0.3 is 5.32 Å². The van der Waals surface area contributed by atoms with Crippen LogP contribution in [-0.4, -0.2) is 12.8 Å². The van der Waals surface area contributed by atoms with Gasteiger partial charge in [0.2, 0.25) is 0 Å². The third-order valence-electron chi connectivity index (χ3n) is 3.34. The molecule has 2 nitrogen and oxygen atoms in total. The lowest BCUT2D eigenvalue weighted by molar-refractivity contribution is 0.423. The summed E-state index contributed by atoms with van der Waals surface area (Å²) in [7, 11) is 0. The van der Waals surface area contributed by atoms with Crippen LogP contribution in [0.5, 0.6) is 0 Å². The first-order chi connectivity index (χ1) is 6.62. The van der Waals surface area contributed by atoms with Crippen molar-refractivity contribution < 1.29 is 0 Å². The number of rotatable bonds is 1. The lowest BCUT2D eigenvalue weighted by atomic mass is 9.80. The van der Waals surface area contributed by atoms with Gasteiger partial charge in [-0.05, 0) is 12.0 Å². The summed E-state index contributed by atoms with van der Waals surface area (Å²) in [5, 5.41) is 3.35. The maximum absolute atomic E-state index is 4.59. The summed E-state index contributed by atoms with van der Waals surface area (Å²) < 4.78 is 0. The molecule has 0 aromatic rings. The van der Waals surface area contributed by atoms with Gasteiger partial charge in [-0.15, -0.1) is 0 Å². The molecule has 0 aliphatic carbocycles. The Hall–Kier alpha value is -1.05. The highest BCUT2D eigenvalue weighted by atomic mass is 15.0. The zero-order chi connectivity index (χ0) is 10.2. The number of hydrogen-bond acceptors (Lipinski definition) is 2. The Kier molecular flexibility index (Phi) is 2.22. The van der Waals surface area contributed by atoms with Crippen molar-refractivity contribution in [1.29, 1.82) is 0 Å². The summed E-state index contributed by atoms with van der Waals surface area (Å²) in [5.41, 5.74) is 2.53. The lowest BCUT2D eigenvalue weighted by Gasteiger charge is -2.25. The normalized spacial score (nSPS) is 30.6. The van der Waals surface area contributed by atoms with Crippen LogP contribution in [0.4, 0.5) is 0 Å².